The van der Waals surface area contributed by atoms with E-state index in [1.54, 1.807) is 12.3 Å². The van der Waals surface area contributed by atoms with Crippen molar-refractivity contribution in [1.82, 2.24) is 15.2 Å². The van der Waals surface area contributed by atoms with Gasteiger partial charge in [-0.2, -0.15) is 0 Å². The Morgan fingerprint density at radius 1 is 1.38 bits per heavy atom. The smallest absolute Gasteiger partial charge is 0.245 e. The highest BCUT2D eigenvalue weighted by atomic mass is 35.5. The van der Waals surface area contributed by atoms with Crippen LogP contribution in [0.15, 0.2) is 51.0 Å². The van der Waals surface area contributed by atoms with Crippen molar-refractivity contribution in [2.45, 2.75) is 38.9 Å². The van der Waals surface area contributed by atoms with Gasteiger partial charge in [-0.15, -0.1) is 0 Å². The summed E-state index contributed by atoms with van der Waals surface area (Å²) in [6.45, 7) is 4.27. The first-order valence-electron chi connectivity index (χ1n) is 8.60. The molecule has 2 atom stereocenters. The van der Waals surface area contributed by atoms with Crippen molar-refractivity contribution in [2.24, 2.45) is 4.99 Å². The zero-order valence-corrected chi connectivity index (χ0v) is 15.3. The molecule has 2 unspecified atom stereocenters. The van der Waals surface area contributed by atoms with Crippen LogP contribution >= 0.6 is 11.6 Å². The maximum absolute atomic E-state index is 12.9. The SMILES string of the molecule is CCC1N=C2C=CC(Cl)=CN2C1C(=O)NCc1ccc2oc(C)nc2c1. The fourth-order valence-electron chi connectivity index (χ4n) is 3.35. The molecule has 2 aliphatic heterocycles. The minimum absolute atomic E-state index is 0.0666. The van der Waals surface area contributed by atoms with Gasteiger partial charge in [0.2, 0.25) is 5.91 Å². The molecule has 2 aromatic rings. The molecule has 1 amide bonds. The molecule has 0 saturated carbocycles. The molecule has 0 bridgehead atoms. The molecule has 6 nitrogen and oxygen atoms in total. The molecule has 7 heteroatoms. The Hall–Kier alpha value is -2.60. The molecule has 2 aliphatic rings. The van der Waals surface area contributed by atoms with E-state index in [1.165, 1.54) is 0 Å². The topological polar surface area (TPSA) is 70.7 Å². The second-order valence-electron chi connectivity index (χ2n) is 6.42. The van der Waals surface area contributed by atoms with Crippen molar-refractivity contribution in [3.63, 3.8) is 0 Å². The monoisotopic (exact) mass is 370 g/mol. The number of aliphatic imine (C=N–C) groups is 1. The van der Waals surface area contributed by atoms with Gasteiger partial charge in [0.25, 0.3) is 0 Å². The first kappa shape index (κ1) is 16.8. The third-order valence-corrected chi connectivity index (χ3v) is 4.82. The lowest BCUT2D eigenvalue weighted by Crippen LogP contribution is -2.48. The van der Waals surface area contributed by atoms with Crippen molar-refractivity contribution >= 4 is 34.4 Å². The Kier molecular flexibility index (Phi) is 4.28. The lowest BCUT2D eigenvalue weighted by Gasteiger charge is -2.27. The summed E-state index contributed by atoms with van der Waals surface area (Å²) in [6, 6.07) is 5.27. The van der Waals surface area contributed by atoms with Crippen LogP contribution in [0.1, 0.15) is 24.8 Å². The number of halogens is 1. The Balaban J connectivity index is 1.49. The lowest BCUT2D eigenvalue weighted by atomic mass is 10.1. The summed E-state index contributed by atoms with van der Waals surface area (Å²) in [7, 11) is 0. The second-order valence-corrected chi connectivity index (χ2v) is 6.85. The summed E-state index contributed by atoms with van der Waals surface area (Å²) < 4.78 is 5.48. The van der Waals surface area contributed by atoms with Gasteiger partial charge in [0.05, 0.1) is 11.1 Å². The number of hydrogen-bond donors (Lipinski definition) is 1. The molecule has 134 valence electrons. The number of hydrogen-bond acceptors (Lipinski definition) is 5. The van der Waals surface area contributed by atoms with E-state index in [0.29, 0.717) is 17.5 Å². The molecule has 1 aromatic heterocycles. The van der Waals surface area contributed by atoms with Crippen LogP contribution in [0.3, 0.4) is 0 Å². The molecular formula is C19H19ClN4O2. The molecular weight excluding hydrogens is 352 g/mol. The largest absolute Gasteiger partial charge is 0.441 e. The lowest BCUT2D eigenvalue weighted by molar-refractivity contribution is -0.124. The Morgan fingerprint density at radius 3 is 3.04 bits per heavy atom. The van der Waals surface area contributed by atoms with E-state index in [-0.39, 0.29) is 18.0 Å². The summed E-state index contributed by atoms with van der Waals surface area (Å²) in [5.41, 5.74) is 2.51. The number of carbonyl (C=O) groups is 1. The first-order valence-corrected chi connectivity index (χ1v) is 8.98. The van der Waals surface area contributed by atoms with Gasteiger partial charge >= 0.3 is 0 Å². The Labute approximate surface area is 156 Å². The number of amidine groups is 1. The molecule has 3 heterocycles. The highest BCUT2D eigenvalue weighted by molar-refractivity contribution is 6.32. The molecule has 0 spiro atoms. The van der Waals surface area contributed by atoms with Crippen LogP contribution in [0.25, 0.3) is 11.1 Å². The van der Waals surface area contributed by atoms with E-state index >= 15 is 0 Å². The van der Waals surface area contributed by atoms with Gasteiger partial charge in [0, 0.05) is 19.7 Å². The number of benzene rings is 1. The van der Waals surface area contributed by atoms with Gasteiger partial charge < -0.3 is 14.6 Å². The third kappa shape index (κ3) is 3.01. The van der Waals surface area contributed by atoms with E-state index < -0.39 is 0 Å². The van der Waals surface area contributed by atoms with Crippen LogP contribution < -0.4 is 5.32 Å². The van der Waals surface area contributed by atoms with Crippen molar-refractivity contribution in [2.75, 3.05) is 0 Å². The van der Waals surface area contributed by atoms with Gasteiger partial charge in [0.1, 0.15) is 17.4 Å². The number of nitrogens with one attached hydrogen (secondary N) is 1. The quantitative estimate of drug-likeness (QED) is 0.896. The predicted octanol–water partition coefficient (Wildman–Crippen LogP) is 3.26. The average Bonchev–Trinajstić information content (AvgIpc) is 3.17. The zero-order chi connectivity index (χ0) is 18.3. The van der Waals surface area contributed by atoms with Crippen LogP contribution in [-0.2, 0) is 11.3 Å². The van der Waals surface area contributed by atoms with E-state index in [1.807, 2.05) is 43.0 Å². The van der Waals surface area contributed by atoms with Crippen molar-refractivity contribution in [3.8, 4) is 0 Å². The number of aryl methyl sites for hydroxylation is 1. The molecule has 4 rings (SSSR count). The molecule has 0 saturated heterocycles. The van der Waals surface area contributed by atoms with Gasteiger partial charge in [-0.1, -0.05) is 24.6 Å². The molecule has 26 heavy (non-hydrogen) atoms. The number of allylic oxidation sites excluding steroid dienone is 2. The van der Waals surface area contributed by atoms with Crippen LogP contribution in [0, 0.1) is 6.92 Å². The van der Waals surface area contributed by atoms with Crippen molar-refractivity contribution < 1.29 is 9.21 Å². The fourth-order valence-corrected chi connectivity index (χ4v) is 3.52. The minimum atomic E-state index is -0.383. The predicted molar refractivity (Wildman–Crippen MR) is 101 cm³/mol. The molecule has 0 radical (unpaired) electrons. The molecule has 1 N–H and O–H groups in total. The summed E-state index contributed by atoms with van der Waals surface area (Å²) in [5.74, 6) is 1.34. The van der Waals surface area contributed by atoms with Gasteiger partial charge in [-0.3, -0.25) is 9.79 Å². The van der Waals surface area contributed by atoms with Gasteiger partial charge in [-0.25, -0.2) is 4.98 Å². The minimum Gasteiger partial charge on any atom is -0.441 e. The summed E-state index contributed by atoms with van der Waals surface area (Å²) in [5, 5.41) is 3.60. The number of oxazole rings is 1. The molecule has 0 fully saturated rings. The van der Waals surface area contributed by atoms with E-state index in [2.05, 4.69) is 15.3 Å². The van der Waals surface area contributed by atoms with E-state index in [9.17, 15) is 4.79 Å². The number of aromatic nitrogens is 1. The summed E-state index contributed by atoms with van der Waals surface area (Å²) in [6.07, 6.45) is 6.18. The van der Waals surface area contributed by atoms with Gasteiger partial charge in [-0.05, 0) is 36.3 Å². The van der Waals surface area contributed by atoms with E-state index in [0.717, 1.165) is 28.9 Å². The first-order chi connectivity index (χ1) is 12.5. The van der Waals surface area contributed by atoms with Crippen LogP contribution in [0.2, 0.25) is 0 Å². The Morgan fingerprint density at radius 2 is 2.23 bits per heavy atom. The maximum Gasteiger partial charge on any atom is 0.245 e. The Bertz CT molecular complexity index is 960. The average molecular weight is 371 g/mol. The fraction of sp³-hybridized carbons (Fsp3) is 0.316. The number of nitrogens with zero attached hydrogens (tertiary/aromatic N) is 3. The highest BCUT2D eigenvalue weighted by Gasteiger charge is 2.39. The number of fused-ring (bicyclic) bond motifs is 2. The summed E-state index contributed by atoms with van der Waals surface area (Å²) in [4.78, 5) is 23.7. The second kappa shape index (κ2) is 6.61. The van der Waals surface area contributed by atoms with Crippen LogP contribution in [0.4, 0.5) is 0 Å². The normalized spacial score (nSPS) is 21.6. The number of rotatable bonds is 4. The van der Waals surface area contributed by atoms with Gasteiger partial charge in [0.15, 0.2) is 11.5 Å². The van der Waals surface area contributed by atoms with Crippen LogP contribution in [-0.4, -0.2) is 33.7 Å². The molecule has 1 aromatic carbocycles. The highest BCUT2D eigenvalue weighted by Crippen LogP contribution is 2.26. The maximum atomic E-state index is 12.9. The summed E-state index contributed by atoms with van der Waals surface area (Å²) >= 11 is 6.10. The third-order valence-electron chi connectivity index (χ3n) is 4.59. The number of carbonyl (C=O) groups excluding carboxylic acids is 1. The molecule has 0 aliphatic carbocycles. The van der Waals surface area contributed by atoms with Crippen LogP contribution in [0.5, 0.6) is 0 Å². The zero-order valence-electron chi connectivity index (χ0n) is 14.6. The van der Waals surface area contributed by atoms with E-state index in [4.69, 9.17) is 16.0 Å². The standard InChI is InChI=1S/C19H19ClN4O2/c1-3-14-18(24-10-13(20)5-7-17(24)23-14)19(25)21-9-12-4-6-16-15(8-12)22-11(2)26-16/h4-8,10,14,18H,3,9H2,1-2H3,(H,21,25). The van der Waals surface area contributed by atoms with Crippen molar-refractivity contribution in [1.29, 1.82) is 0 Å². The van der Waals surface area contributed by atoms with Crippen molar-refractivity contribution in [3.05, 3.63) is 53.0 Å². The number of amides is 1.